The van der Waals surface area contributed by atoms with Gasteiger partial charge < -0.3 is 10.5 Å². The van der Waals surface area contributed by atoms with Crippen LogP contribution < -0.4 is 10.5 Å². The number of anilines is 1. The first kappa shape index (κ1) is 16.9. The van der Waals surface area contributed by atoms with Gasteiger partial charge in [0.1, 0.15) is 0 Å². The lowest BCUT2D eigenvalue weighted by atomic mass is 10.1. The Balaban J connectivity index is 3.10. The van der Waals surface area contributed by atoms with Crippen molar-refractivity contribution in [2.75, 3.05) is 19.5 Å². The average molecular weight is 300 g/mol. The minimum Gasteiger partial charge on any atom is -0.398 e. The van der Waals surface area contributed by atoms with E-state index in [-0.39, 0.29) is 16.9 Å². The van der Waals surface area contributed by atoms with E-state index in [1.54, 1.807) is 13.2 Å². The maximum Gasteiger partial charge on any atom is 0.240 e. The SMILES string of the molecule is COCC(NS(=O)(=O)c1cc(C)c(C)c(N)c1)C(C)C. The fourth-order valence-corrected chi connectivity index (χ4v) is 3.31. The molecule has 6 heteroatoms. The van der Waals surface area contributed by atoms with Gasteiger partial charge in [0.25, 0.3) is 0 Å². The van der Waals surface area contributed by atoms with E-state index in [1.165, 1.54) is 6.07 Å². The van der Waals surface area contributed by atoms with E-state index in [0.717, 1.165) is 11.1 Å². The van der Waals surface area contributed by atoms with Gasteiger partial charge in [0.05, 0.1) is 11.5 Å². The highest BCUT2D eigenvalue weighted by Crippen LogP contribution is 2.22. The molecule has 0 aliphatic carbocycles. The Morgan fingerprint density at radius 1 is 1.30 bits per heavy atom. The number of ether oxygens (including phenoxy) is 1. The number of rotatable bonds is 6. The molecule has 1 aromatic rings. The molecule has 0 fully saturated rings. The molecule has 20 heavy (non-hydrogen) atoms. The molecule has 114 valence electrons. The van der Waals surface area contributed by atoms with Crippen molar-refractivity contribution in [2.45, 2.75) is 38.6 Å². The van der Waals surface area contributed by atoms with Crippen molar-refractivity contribution >= 4 is 15.7 Å². The molecule has 1 aromatic carbocycles. The van der Waals surface area contributed by atoms with Crippen molar-refractivity contribution < 1.29 is 13.2 Å². The second-order valence-corrected chi connectivity index (χ2v) is 7.10. The summed E-state index contributed by atoms with van der Waals surface area (Å²) in [4.78, 5) is 0.194. The fraction of sp³-hybridized carbons (Fsp3) is 0.571. The first-order valence-corrected chi connectivity index (χ1v) is 8.05. The van der Waals surface area contributed by atoms with Crippen LogP contribution in [0.1, 0.15) is 25.0 Å². The van der Waals surface area contributed by atoms with Crippen molar-refractivity contribution in [1.82, 2.24) is 4.72 Å². The summed E-state index contributed by atoms with van der Waals surface area (Å²) in [5.41, 5.74) is 8.10. The molecule has 5 nitrogen and oxygen atoms in total. The second kappa shape index (κ2) is 6.56. The molecule has 0 aliphatic rings. The van der Waals surface area contributed by atoms with Crippen LogP contribution in [-0.4, -0.2) is 28.2 Å². The summed E-state index contributed by atoms with van der Waals surface area (Å²) < 4.78 is 32.6. The van der Waals surface area contributed by atoms with Crippen LogP contribution in [0, 0.1) is 19.8 Å². The molecule has 0 aromatic heterocycles. The third-order valence-electron chi connectivity index (χ3n) is 3.45. The number of aryl methyl sites for hydroxylation is 1. The minimum absolute atomic E-state index is 0.133. The van der Waals surface area contributed by atoms with Crippen LogP contribution in [0.3, 0.4) is 0 Å². The molecule has 3 N–H and O–H groups in total. The summed E-state index contributed by atoms with van der Waals surface area (Å²) in [5.74, 6) is 0.133. The smallest absolute Gasteiger partial charge is 0.240 e. The van der Waals surface area contributed by atoms with Gasteiger partial charge in [-0.25, -0.2) is 13.1 Å². The van der Waals surface area contributed by atoms with Gasteiger partial charge in [0, 0.05) is 18.8 Å². The van der Waals surface area contributed by atoms with E-state index >= 15 is 0 Å². The highest BCUT2D eigenvalue weighted by Gasteiger charge is 2.23. The Hall–Kier alpha value is -1.11. The summed E-state index contributed by atoms with van der Waals surface area (Å²) in [6.45, 7) is 7.94. The number of benzene rings is 1. The highest BCUT2D eigenvalue weighted by molar-refractivity contribution is 7.89. The predicted octanol–water partition coefficient (Wildman–Crippen LogP) is 1.83. The van der Waals surface area contributed by atoms with Crippen molar-refractivity contribution in [3.05, 3.63) is 23.3 Å². The lowest BCUT2D eigenvalue weighted by Crippen LogP contribution is -2.41. The number of nitrogen functional groups attached to an aromatic ring is 1. The number of hydrogen-bond acceptors (Lipinski definition) is 4. The normalized spacial score (nSPS) is 13.7. The van der Waals surface area contributed by atoms with E-state index in [4.69, 9.17) is 10.5 Å². The number of hydrogen-bond donors (Lipinski definition) is 2. The zero-order chi connectivity index (χ0) is 15.5. The first-order chi connectivity index (χ1) is 9.19. The Morgan fingerprint density at radius 2 is 1.90 bits per heavy atom. The van der Waals surface area contributed by atoms with Gasteiger partial charge in [-0.1, -0.05) is 13.8 Å². The van der Waals surface area contributed by atoms with Crippen molar-refractivity contribution in [2.24, 2.45) is 5.92 Å². The lowest BCUT2D eigenvalue weighted by molar-refractivity contribution is 0.157. The molecule has 0 aliphatic heterocycles. The van der Waals surface area contributed by atoms with Crippen molar-refractivity contribution in [3.63, 3.8) is 0 Å². The third kappa shape index (κ3) is 3.94. The van der Waals surface area contributed by atoms with E-state index in [2.05, 4.69) is 4.72 Å². The summed E-state index contributed by atoms with van der Waals surface area (Å²) in [6, 6.07) is 2.86. The van der Waals surface area contributed by atoms with E-state index < -0.39 is 10.0 Å². The molecular weight excluding hydrogens is 276 g/mol. The molecule has 0 saturated carbocycles. The molecule has 1 unspecified atom stereocenters. The third-order valence-corrected chi connectivity index (χ3v) is 4.92. The standard InChI is InChI=1S/C14H24N2O3S/c1-9(2)14(8-19-5)16-20(17,18)12-6-10(3)11(4)13(15)7-12/h6-7,9,14,16H,8,15H2,1-5H3. The van der Waals surface area contributed by atoms with Crippen molar-refractivity contribution in [3.8, 4) is 0 Å². The number of nitrogens with two attached hydrogens (primary N) is 1. The lowest BCUT2D eigenvalue weighted by Gasteiger charge is -2.21. The predicted molar refractivity (Wildman–Crippen MR) is 81.2 cm³/mol. The number of methoxy groups -OCH3 is 1. The molecule has 0 heterocycles. The van der Waals surface area contributed by atoms with Crippen LogP contribution in [0.15, 0.2) is 17.0 Å². The first-order valence-electron chi connectivity index (χ1n) is 6.57. The second-order valence-electron chi connectivity index (χ2n) is 5.38. The molecule has 1 atom stereocenters. The van der Waals surface area contributed by atoms with Crippen LogP contribution in [-0.2, 0) is 14.8 Å². The molecule has 0 spiro atoms. The maximum atomic E-state index is 12.4. The summed E-state index contributed by atoms with van der Waals surface area (Å²) in [6.07, 6.45) is 0. The molecular formula is C14H24N2O3S. The quantitative estimate of drug-likeness (QED) is 0.785. The van der Waals surface area contributed by atoms with Gasteiger partial charge in [0.2, 0.25) is 10.0 Å². The van der Waals surface area contributed by atoms with Gasteiger partial charge in [-0.3, -0.25) is 0 Å². The van der Waals surface area contributed by atoms with Gasteiger partial charge >= 0.3 is 0 Å². The van der Waals surface area contributed by atoms with Crippen LogP contribution >= 0.6 is 0 Å². The minimum atomic E-state index is -3.60. The average Bonchev–Trinajstić information content (AvgIpc) is 2.34. The van der Waals surface area contributed by atoms with E-state index in [0.29, 0.717) is 12.3 Å². The zero-order valence-corrected chi connectivity index (χ0v) is 13.5. The summed E-state index contributed by atoms with van der Waals surface area (Å²) >= 11 is 0. The van der Waals surface area contributed by atoms with Gasteiger partial charge in [-0.15, -0.1) is 0 Å². The van der Waals surface area contributed by atoms with Crippen LogP contribution in [0.4, 0.5) is 5.69 Å². The Morgan fingerprint density at radius 3 is 2.35 bits per heavy atom. The molecule has 1 rings (SSSR count). The monoisotopic (exact) mass is 300 g/mol. The Kier molecular flexibility index (Phi) is 5.56. The maximum absolute atomic E-state index is 12.4. The topological polar surface area (TPSA) is 81.4 Å². The number of sulfonamides is 1. The molecule has 0 bridgehead atoms. The van der Waals surface area contributed by atoms with Gasteiger partial charge in [-0.2, -0.15) is 0 Å². The van der Waals surface area contributed by atoms with E-state index in [9.17, 15) is 8.42 Å². The Bertz CT molecular complexity index is 545. The highest BCUT2D eigenvalue weighted by atomic mass is 32.2. The Labute approximate surface area is 121 Å². The van der Waals surface area contributed by atoms with Gasteiger partial charge in [-0.05, 0) is 43.0 Å². The number of nitrogens with one attached hydrogen (secondary N) is 1. The fourth-order valence-electron chi connectivity index (χ4n) is 1.82. The largest absolute Gasteiger partial charge is 0.398 e. The van der Waals surface area contributed by atoms with Crippen LogP contribution in [0.2, 0.25) is 0 Å². The van der Waals surface area contributed by atoms with Crippen molar-refractivity contribution in [1.29, 1.82) is 0 Å². The summed E-state index contributed by atoms with van der Waals surface area (Å²) in [7, 11) is -2.05. The summed E-state index contributed by atoms with van der Waals surface area (Å²) in [5, 5.41) is 0. The van der Waals surface area contributed by atoms with E-state index in [1.807, 2.05) is 27.7 Å². The van der Waals surface area contributed by atoms with Crippen LogP contribution in [0.25, 0.3) is 0 Å². The van der Waals surface area contributed by atoms with Gasteiger partial charge in [0.15, 0.2) is 0 Å². The molecule has 0 saturated heterocycles. The molecule has 0 amide bonds. The zero-order valence-electron chi connectivity index (χ0n) is 12.7. The molecule has 0 radical (unpaired) electrons. The van der Waals surface area contributed by atoms with Crippen LogP contribution in [0.5, 0.6) is 0 Å².